The van der Waals surface area contributed by atoms with E-state index in [1.165, 1.54) is 12.8 Å². The minimum absolute atomic E-state index is 0.110. The lowest BCUT2D eigenvalue weighted by molar-refractivity contribution is -0.125. The molecule has 0 aromatic heterocycles. The number of hydrogen-bond donors (Lipinski definition) is 2. The van der Waals surface area contributed by atoms with Crippen LogP contribution in [0.5, 0.6) is 0 Å². The Balaban J connectivity index is 1.89. The Kier molecular flexibility index (Phi) is 3.06. The Labute approximate surface area is 84.9 Å². The first kappa shape index (κ1) is 9.97. The molecule has 0 spiro atoms. The van der Waals surface area contributed by atoms with Gasteiger partial charge in [0.25, 0.3) is 0 Å². The molecule has 3 nitrogen and oxygen atoms in total. The Morgan fingerprint density at radius 1 is 1.21 bits per heavy atom. The molecule has 1 aliphatic heterocycles. The maximum absolute atomic E-state index is 11.2. The summed E-state index contributed by atoms with van der Waals surface area (Å²) < 4.78 is 0. The fourth-order valence-electron chi connectivity index (χ4n) is 2.78. The molecular formula is C11H19NO2. The molecule has 3 heteroatoms. The van der Waals surface area contributed by atoms with Crippen molar-refractivity contribution in [2.75, 3.05) is 6.54 Å². The van der Waals surface area contributed by atoms with Crippen molar-refractivity contribution in [2.24, 2.45) is 11.8 Å². The molecule has 80 valence electrons. The van der Waals surface area contributed by atoms with Crippen LogP contribution in [0.2, 0.25) is 0 Å². The summed E-state index contributed by atoms with van der Waals surface area (Å²) in [6, 6.07) is 0. The first-order valence-electron chi connectivity index (χ1n) is 5.72. The Morgan fingerprint density at radius 2 is 1.93 bits per heavy atom. The lowest BCUT2D eigenvalue weighted by Gasteiger charge is -2.30. The summed E-state index contributed by atoms with van der Waals surface area (Å²) >= 11 is 0. The molecule has 2 fully saturated rings. The van der Waals surface area contributed by atoms with Crippen LogP contribution in [0.4, 0.5) is 0 Å². The van der Waals surface area contributed by atoms with Gasteiger partial charge in [-0.3, -0.25) is 4.79 Å². The van der Waals surface area contributed by atoms with Gasteiger partial charge in [0.1, 0.15) is 0 Å². The number of hydrogen-bond acceptors (Lipinski definition) is 2. The molecule has 1 aliphatic carbocycles. The van der Waals surface area contributed by atoms with Crippen molar-refractivity contribution in [3.05, 3.63) is 0 Å². The molecule has 1 amide bonds. The van der Waals surface area contributed by atoms with Crippen LogP contribution >= 0.6 is 0 Å². The first-order valence-corrected chi connectivity index (χ1v) is 5.72. The summed E-state index contributed by atoms with van der Waals surface area (Å²) in [5.41, 5.74) is 0. The highest BCUT2D eigenvalue weighted by atomic mass is 16.3. The zero-order valence-corrected chi connectivity index (χ0v) is 8.54. The molecule has 2 atom stereocenters. The minimum atomic E-state index is -0.233. The van der Waals surface area contributed by atoms with Crippen LogP contribution in [0.1, 0.15) is 38.5 Å². The SMILES string of the molecule is O=C1CC(C(O)C2CCCC2)CCN1. The highest BCUT2D eigenvalue weighted by Crippen LogP contribution is 2.33. The number of aliphatic hydroxyl groups is 1. The Hall–Kier alpha value is -0.570. The van der Waals surface area contributed by atoms with Gasteiger partial charge in [-0.1, -0.05) is 12.8 Å². The van der Waals surface area contributed by atoms with E-state index in [1.807, 2.05) is 0 Å². The Bertz CT molecular complexity index is 211. The normalized spacial score (nSPS) is 31.5. The van der Waals surface area contributed by atoms with Crippen LogP contribution in [0.25, 0.3) is 0 Å². The smallest absolute Gasteiger partial charge is 0.220 e. The third-order valence-electron chi connectivity index (χ3n) is 3.65. The number of carbonyl (C=O) groups is 1. The fraction of sp³-hybridized carbons (Fsp3) is 0.909. The van der Waals surface area contributed by atoms with Gasteiger partial charge in [0, 0.05) is 13.0 Å². The zero-order chi connectivity index (χ0) is 9.97. The van der Waals surface area contributed by atoms with Crippen molar-refractivity contribution in [1.82, 2.24) is 5.32 Å². The number of aliphatic hydroxyl groups excluding tert-OH is 1. The summed E-state index contributed by atoms with van der Waals surface area (Å²) in [6.07, 6.45) is 6.05. The topological polar surface area (TPSA) is 49.3 Å². The molecule has 2 N–H and O–H groups in total. The summed E-state index contributed by atoms with van der Waals surface area (Å²) in [5, 5.41) is 12.9. The van der Waals surface area contributed by atoms with Gasteiger partial charge >= 0.3 is 0 Å². The van der Waals surface area contributed by atoms with E-state index in [1.54, 1.807) is 0 Å². The zero-order valence-electron chi connectivity index (χ0n) is 8.54. The van der Waals surface area contributed by atoms with Crippen LogP contribution in [0.3, 0.4) is 0 Å². The summed E-state index contributed by atoms with van der Waals surface area (Å²) in [5.74, 6) is 0.788. The summed E-state index contributed by atoms with van der Waals surface area (Å²) in [7, 11) is 0. The quantitative estimate of drug-likeness (QED) is 0.695. The van der Waals surface area contributed by atoms with E-state index in [2.05, 4.69) is 5.32 Å². The first-order chi connectivity index (χ1) is 6.77. The Morgan fingerprint density at radius 3 is 2.57 bits per heavy atom. The number of carbonyl (C=O) groups excluding carboxylic acids is 1. The van der Waals surface area contributed by atoms with Crippen molar-refractivity contribution in [3.63, 3.8) is 0 Å². The lowest BCUT2D eigenvalue weighted by atomic mass is 9.84. The third kappa shape index (κ3) is 2.08. The standard InChI is InChI=1S/C11H19NO2/c13-10-7-9(5-6-12-10)11(14)8-3-1-2-4-8/h8-9,11,14H,1-7H2,(H,12,13). The van der Waals surface area contributed by atoms with E-state index in [9.17, 15) is 9.90 Å². The van der Waals surface area contributed by atoms with Crippen LogP contribution < -0.4 is 5.32 Å². The molecule has 2 unspecified atom stereocenters. The number of amides is 1. The molecule has 1 saturated heterocycles. The van der Waals surface area contributed by atoms with E-state index in [4.69, 9.17) is 0 Å². The lowest BCUT2D eigenvalue weighted by Crippen LogP contribution is -2.40. The van der Waals surface area contributed by atoms with Crippen LogP contribution in [-0.2, 0) is 4.79 Å². The molecule has 2 aliphatic rings. The molecule has 14 heavy (non-hydrogen) atoms. The van der Waals surface area contributed by atoms with Crippen LogP contribution in [0, 0.1) is 11.8 Å². The molecule has 0 aromatic rings. The van der Waals surface area contributed by atoms with Gasteiger partial charge in [0.2, 0.25) is 5.91 Å². The van der Waals surface area contributed by atoms with Crippen molar-refractivity contribution < 1.29 is 9.90 Å². The van der Waals surface area contributed by atoms with Crippen LogP contribution in [-0.4, -0.2) is 23.7 Å². The van der Waals surface area contributed by atoms with Gasteiger partial charge < -0.3 is 10.4 Å². The monoisotopic (exact) mass is 197 g/mol. The average molecular weight is 197 g/mol. The summed E-state index contributed by atoms with van der Waals surface area (Å²) in [4.78, 5) is 11.2. The van der Waals surface area contributed by atoms with Gasteiger partial charge in [-0.2, -0.15) is 0 Å². The second kappa shape index (κ2) is 4.30. The molecule has 0 radical (unpaired) electrons. The second-order valence-electron chi connectivity index (χ2n) is 4.64. The summed E-state index contributed by atoms with van der Waals surface area (Å²) in [6.45, 7) is 0.743. The molecule has 0 aromatic carbocycles. The fourth-order valence-corrected chi connectivity index (χ4v) is 2.78. The van der Waals surface area contributed by atoms with E-state index in [0.717, 1.165) is 25.8 Å². The highest BCUT2D eigenvalue weighted by molar-refractivity contribution is 5.76. The maximum atomic E-state index is 11.2. The van der Waals surface area contributed by atoms with Crippen molar-refractivity contribution in [3.8, 4) is 0 Å². The van der Waals surface area contributed by atoms with E-state index in [-0.39, 0.29) is 17.9 Å². The predicted octanol–water partition coefficient (Wildman–Crippen LogP) is 1.06. The van der Waals surface area contributed by atoms with Crippen molar-refractivity contribution in [1.29, 1.82) is 0 Å². The highest BCUT2D eigenvalue weighted by Gasteiger charge is 2.32. The van der Waals surface area contributed by atoms with E-state index < -0.39 is 0 Å². The third-order valence-corrected chi connectivity index (χ3v) is 3.65. The number of piperidine rings is 1. The number of nitrogens with one attached hydrogen (secondary N) is 1. The molecule has 0 bridgehead atoms. The van der Waals surface area contributed by atoms with Gasteiger partial charge in [-0.25, -0.2) is 0 Å². The minimum Gasteiger partial charge on any atom is -0.393 e. The van der Waals surface area contributed by atoms with Gasteiger partial charge in [0.15, 0.2) is 0 Å². The van der Waals surface area contributed by atoms with E-state index in [0.29, 0.717) is 12.3 Å². The second-order valence-corrected chi connectivity index (χ2v) is 4.64. The number of rotatable bonds is 2. The maximum Gasteiger partial charge on any atom is 0.220 e. The average Bonchev–Trinajstić information content (AvgIpc) is 2.69. The molecular weight excluding hydrogens is 178 g/mol. The van der Waals surface area contributed by atoms with Crippen LogP contribution in [0.15, 0.2) is 0 Å². The van der Waals surface area contributed by atoms with Gasteiger partial charge in [-0.15, -0.1) is 0 Å². The predicted molar refractivity (Wildman–Crippen MR) is 53.7 cm³/mol. The van der Waals surface area contributed by atoms with Gasteiger partial charge in [-0.05, 0) is 31.1 Å². The van der Waals surface area contributed by atoms with E-state index >= 15 is 0 Å². The van der Waals surface area contributed by atoms with Crippen molar-refractivity contribution in [2.45, 2.75) is 44.6 Å². The molecule has 2 rings (SSSR count). The van der Waals surface area contributed by atoms with Crippen molar-refractivity contribution >= 4 is 5.91 Å². The molecule has 1 saturated carbocycles. The largest absolute Gasteiger partial charge is 0.393 e. The van der Waals surface area contributed by atoms with Gasteiger partial charge in [0.05, 0.1) is 6.10 Å². The molecule has 1 heterocycles.